The summed E-state index contributed by atoms with van der Waals surface area (Å²) >= 11 is 1.09. The molecular formula is C28H32F2N4O5S. The molecule has 1 aromatic heterocycles. The number of hydrogen-bond acceptors (Lipinski definition) is 7. The second-order valence-corrected chi connectivity index (χ2v) is 9.39. The van der Waals surface area contributed by atoms with E-state index in [0.29, 0.717) is 28.2 Å². The smallest absolute Gasteiger partial charge is 0.415 e. The molecule has 0 saturated heterocycles. The molecule has 0 spiro atoms. The normalized spacial score (nSPS) is 10.7. The maximum Gasteiger partial charge on any atom is 0.415 e. The van der Waals surface area contributed by atoms with Crippen molar-refractivity contribution in [3.63, 3.8) is 0 Å². The molecule has 3 aromatic rings. The number of halogens is 2. The van der Waals surface area contributed by atoms with Gasteiger partial charge in [0.15, 0.2) is 0 Å². The molecule has 9 nitrogen and oxygen atoms in total. The zero-order valence-electron chi connectivity index (χ0n) is 22.7. The Kier molecular flexibility index (Phi) is 11.0. The van der Waals surface area contributed by atoms with Crippen molar-refractivity contribution < 1.29 is 32.6 Å². The lowest BCUT2D eigenvalue weighted by Gasteiger charge is -2.22. The number of nitrogens with one attached hydrogen (secondary N) is 3. The summed E-state index contributed by atoms with van der Waals surface area (Å²) in [6.45, 7) is 5.33. The minimum atomic E-state index is -0.874. The van der Waals surface area contributed by atoms with Crippen LogP contribution in [0.1, 0.15) is 42.3 Å². The van der Waals surface area contributed by atoms with E-state index in [-0.39, 0.29) is 41.9 Å². The number of hydrogen-bond donors (Lipinski definition) is 3. The first-order valence-corrected chi connectivity index (χ1v) is 13.6. The molecule has 0 fully saturated rings. The predicted octanol–water partition coefficient (Wildman–Crippen LogP) is 5.89. The number of thiophene rings is 1. The van der Waals surface area contributed by atoms with E-state index in [2.05, 4.69) is 16.0 Å². The van der Waals surface area contributed by atoms with Gasteiger partial charge < -0.3 is 25.4 Å². The van der Waals surface area contributed by atoms with E-state index in [9.17, 15) is 23.2 Å². The molecule has 0 aliphatic rings. The number of carbonyl (C=O) groups excluding carboxylic acids is 3. The topological polar surface area (TPSA) is 109 Å². The monoisotopic (exact) mass is 574 g/mol. The van der Waals surface area contributed by atoms with E-state index in [1.165, 1.54) is 6.07 Å². The Morgan fingerprint density at radius 1 is 0.925 bits per heavy atom. The molecule has 0 radical (unpaired) electrons. The number of nitrogens with zero attached hydrogens (tertiary/aromatic N) is 1. The molecule has 12 heteroatoms. The molecule has 1 heterocycles. The van der Waals surface area contributed by atoms with Crippen LogP contribution >= 0.6 is 11.3 Å². The Morgan fingerprint density at radius 2 is 1.57 bits per heavy atom. The minimum absolute atomic E-state index is 0.00546. The lowest BCUT2D eigenvalue weighted by molar-refractivity contribution is 0.0526. The summed E-state index contributed by atoms with van der Waals surface area (Å²) in [7, 11) is 1.70. The Morgan fingerprint density at radius 3 is 2.15 bits per heavy atom. The Bertz CT molecular complexity index is 1330. The van der Waals surface area contributed by atoms with Crippen LogP contribution in [0.3, 0.4) is 0 Å². The fourth-order valence-electron chi connectivity index (χ4n) is 3.94. The zero-order chi connectivity index (χ0) is 29.2. The number of anilines is 2. The number of carbonyl (C=O) groups is 3. The third-order valence-electron chi connectivity index (χ3n) is 5.68. The first-order valence-electron chi connectivity index (χ1n) is 12.7. The zero-order valence-corrected chi connectivity index (χ0v) is 23.5. The summed E-state index contributed by atoms with van der Waals surface area (Å²) < 4.78 is 39.9. The van der Waals surface area contributed by atoms with E-state index < -0.39 is 30.2 Å². The van der Waals surface area contributed by atoms with Crippen LogP contribution in [0, 0.1) is 11.6 Å². The molecule has 2 aromatic carbocycles. The molecule has 3 N–H and O–H groups in total. The molecule has 3 rings (SSSR count). The minimum Gasteiger partial charge on any atom is -0.462 e. The number of urea groups is 1. The fourth-order valence-corrected chi connectivity index (χ4v) is 5.24. The van der Waals surface area contributed by atoms with Gasteiger partial charge in [0.2, 0.25) is 0 Å². The van der Waals surface area contributed by atoms with Gasteiger partial charge in [-0.1, -0.05) is 18.2 Å². The number of rotatable bonds is 11. The second-order valence-electron chi connectivity index (χ2n) is 8.39. The van der Waals surface area contributed by atoms with Crippen molar-refractivity contribution in [3.8, 4) is 10.4 Å². The summed E-state index contributed by atoms with van der Waals surface area (Å²) in [6, 6.07) is 10.00. The van der Waals surface area contributed by atoms with Gasteiger partial charge in [0.1, 0.15) is 16.6 Å². The number of esters is 1. The lowest BCUT2D eigenvalue weighted by Crippen LogP contribution is -2.32. The molecule has 3 amide bonds. The van der Waals surface area contributed by atoms with Crippen molar-refractivity contribution in [2.24, 2.45) is 0 Å². The van der Waals surface area contributed by atoms with Crippen LogP contribution in [0.5, 0.6) is 0 Å². The number of ether oxygens (including phenoxy) is 2. The van der Waals surface area contributed by atoms with Crippen molar-refractivity contribution in [1.29, 1.82) is 0 Å². The van der Waals surface area contributed by atoms with Gasteiger partial charge in [-0.2, -0.15) is 0 Å². The Labute approximate surface area is 235 Å². The summed E-state index contributed by atoms with van der Waals surface area (Å²) in [4.78, 5) is 40.0. The van der Waals surface area contributed by atoms with Gasteiger partial charge in [-0.3, -0.25) is 4.90 Å². The van der Waals surface area contributed by atoms with Crippen LogP contribution in [-0.2, 0) is 22.6 Å². The summed E-state index contributed by atoms with van der Waals surface area (Å²) in [5.74, 6) is -2.37. The molecule has 0 atom stereocenters. The lowest BCUT2D eigenvalue weighted by atomic mass is 10.0. The van der Waals surface area contributed by atoms with Crippen LogP contribution < -0.4 is 20.9 Å². The quantitative estimate of drug-likeness (QED) is 0.246. The highest BCUT2D eigenvalue weighted by atomic mass is 32.1. The van der Waals surface area contributed by atoms with E-state index >= 15 is 0 Å². The van der Waals surface area contributed by atoms with Gasteiger partial charge >= 0.3 is 18.1 Å². The first-order chi connectivity index (χ1) is 19.2. The average Bonchev–Trinajstić information content (AvgIpc) is 3.28. The maximum atomic E-state index is 14.7. The number of amides is 3. The molecule has 40 heavy (non-hydrogen) atoms. The standard InChI is InChI=1S/C28H32F2N4O5S/c1-5-32-27(36)33-18-13-11-17(12-14-18)24-19(15-31-4)23(26(35)38-6-2)25(40-24)34(28(37)39-7-3)16-20-21(29)9-8-10-22(20)30/h8-14,31H,5-7,15-16H2,1-4H3,(H2,32,33,36). The molecule has 0 aliphatic heterocycles. The third-order valence-corrected chi connectivity index (χ3v) is 6.98. The molecule has 0 saturated carbocycles. The highest BCUT2D eigenvalue weighted by Gasteiger charge is 2.32. The highest BCUT2D eigenvalue weighted by Crippen LogP contribution is 2.44. The van der Waals surface area contributed by atoms with E-state index in [4.69, 9.17) is 9.47 Å². The van der Waals surface area contributed by atoms with Crippen LogP contribution in [0.4, 0.5) is 29.1 Å². The molecular weight excluding hydrogens is 542 g/mol. The van der Waals surface area contributed by atoms with Gasteiger partial charge in [-0.05, 0) is 57.6 Å². The molecule has 214 valence electrons. The third kappa shape index (κ3) is 7.13. The molecule has 0 unspecified atom stereocenters. The van der Waals surface area contributed by atoms with Crippen LogP contribution in [-0.4, -0.2) is 44.9 Å². The fraction of sp³-hybridized carbons (Fsp3) is 0.321. The van der Waals surface area contributed by atoms with E-state index in [0.717, 1.165) is 28.4 Å². The molecule has 0 aliphatic carbocycles. The van der Waals surface area contributed by atoms with Crippen molar-refractivity contribution in [2.75, 3.05) is 37.0 Å². The maximum absolute atomic E-state index is 14.7. The SMILES string of the molecule is CCNC(=O)Nc1ccc(-c2sc(N(Cc3c(F)cccc3F)C(=O)OCC)c(C(=O)OCC)c2CNC)cc1. The van der Waals surface area contributed by atoms with Crippen molar-refractivity contribution >= 4 is 40.1 Å². The van der Waals surface area contributed by atoms with E-state index in [1.807, 2.05) is 6.92 Å². The number of benzene rings is 2. The second kappa shape index (κ2) is 14.4. The Balaban J connectivity index is 2.19. The first kappa shape index (κ1) is 30.5. The average molecular weight is 575 g/mol. The van der Waals surface area contributed by atoms with Gasteiger partial charge in [-0.25, -0.2) is 23.2 Å². The van der Waals surface area contributed by atoms with Crippen molar-refractivity contribution in [3.05, 3.63) is 70.8 Å². The highest BCUT2D eigenvalue weighted by molar-refractivity contribution is 7.20. The molecule has 0 bridgehead atoms. The summed E-state index contributed by atoms with van der Waals surface area (Å²) in [6.07, 6.45) is -0.874. The van der Waals surface area contributed by atoms with Crippen molar-refractivity contribution in [2.45, 2.75) is 33.9 Å². The Hall–Kier alpha value is -4.03. The van der Waals surface area contributed by atoms with Crippen LogP contribution in [0.15, 0.2) is 42.5 Å². The van der Waals surface area contributed by atoms with Gasteiger partial charge in [0.25, 0.3) is 0 Å². The van der Waals surface area contributed by atoms with Crippen LogP contribution in [0.25, 0.3) is 10.4 Å². The van der Waals surface area contributed by atoms with E-state index in [1.54, 1.807) is 45.2 Å². The van der Waals surface area contributed by atoms with Gasteiger partial charge in [0.05, 0.1) is 25.3 Å². The van der Waals surface area contributed by atoms with Gasteiger partial charge in [0, 0.05) is 34.8 Å². The van der Waals surface area contributed by atoms with Crippen molar-refractivity contribution in [1.82, 2.24) is 10.6 Å². The predicted molar refractivity (Wildman–Crippen MR) is 151 cm³/mol. The summed E-state index contributed by atoms with van der Waals surface area (Å²) in [5, 5.41) is 8.54. The van der Waals surface area contributed by atoms with Crippen LogP contribution in [0.2, 0.25) is 0 Å². The summed E-state index contributed by atoms with van der Waals surface area (Å²) in [5.41, 5.74) is 1.51. The largest absolute Gasteiger partial charge is 0.462 e. The van der Waals surface area contributed by atoms with Gasteiger partial charge in [-0.15, -0.1) is 11.3 Å².